The molecular formula is C23H24BrN3O5. The van der Waals surface area contributed by atoms with Gasteiger partial charge in [0.2, 0.25) is 5.91 Å². The second-order valence-electron chi connectivity index (χ2n) is 7.89. The summed E-state index contributed by atoms with van der Waals surface area (Å²) >= 11 is 3.37. The lowest BCUT2D eigenvalue weighted by Crippen LogP contribution is -2.52. The van der Waals surface area contributed by atoms with Crippen LogP contribution in [0, 0.1) is 0 Å². The third kappa shape index (κ3) is 5.27. The first kappa shape index (κ1) is 22.3. The summed E-state index contributed by atoms with van der Waals surface area (Å²) in [6.07, 6.45) is 4.30. The average Bonchev–Trinajstić information content (AvgIpc) is 3.19. The molecular weight excluding hydrogens is 478 g/mol. The fourth-order valence-electron chi connectivity index (χ4n) is 4.07. The van der Waals surface area contributed by atoms with E-state index in [2.05, 4.69) is 20.9 Å². The van der Waals surface area contributed by atoms with Gasteiger partial charge in [0.1, 0.15) is 13.2 Å². The fraction of sp³-hybridized carbons (Fsp3) is 0.391. The Balaban J connectivity index is 1.31. The van der Waals surface area contributed by atoms with Crippen LogP contribution in [0.2, 0.25) is 0 Å². The summed E-state index contributed by atoms with van der Waals surface area (Å²) in [4.78, 5) is 45.1. The fourth-order valence-corrected chi connectivity index (χ4v) is 4.49. The molecule has 0 saturated carbocycles. The van der Waals surface area contributed by atoms with Crippen LogP contribution in [0.15, 0.2) is 53.3 Å². The molecule has 2 saturated heterocycles. The number of amides is 2. The lowest BCUT2D eigenvalue weighted by Gasteiger charge is -2.37. The number of likely N-dealkylation sites (tertiary alicyclic amines) is 1. The van der Waals surface area contributed by atoms with Crippen LogP contribution in [-0.4, -0.2) is 64.5 Å². The number of carbonyl (C=O) groups is 3. The Labute approximate surface area is 194 Å². The van der Waals surface area contributed by atoms with E-state index in [0.29, 0.717) is 25.9 Å². The standard InChI is InChI=1S/C23H24BrN3O5/c24-18-10-17(12-25-13-18)11-21(28)26-8-6-19(7-9-26)27-20(15-32-23(27)30)22(29)31-14-16-4-2-1-3-5-16/h1-5,10,12-13,19-20H,6-9,11,14-15H2/t20-/m0/s1. The highest BCUT2D eigenvalue weighted by atomic mass is 79.9. The Kier molecular flexibility index (Phi) is 7.04. The quantitative estimate of drug-likeness (QED) is 0.565. The Bertz CT molecular complexity index is 979. The van der Waals surface area contributed by atoms with Crippen molar-refractivity contribution >= 4 is 33.9 Å². The van der Waals surface area contributed by atoms with Crippen LogP contribution in [-0.2, 0) is 32.1 Å². The number of rotatable bonds is 6. The van der Waals surface area contributed by atoms with Crippen molar-refractivity contribution in [1.29, 1.82) is 0 Å². The number of piperidine rings is 1. The number of nitrogens with zero attached hydrogens (tertiary/aromatic N) is 3. The second kappa shape index (κ2) is 10.1. The van der Waals surface area contributed by atoms with Crippen molar-refractivity contribution < 1.29 is 23.9 Å². The zero-order valence-corrected chi connectivity index (χ0v) is 19.1. The molecule has 2 aromatic rings. The monoisotopic (exact) mass is 501 g/mol. The van der Waals surface area contributed by atoms with Gasteiger partial charge in [-0.25, -0.2) is 9.59 Å². The van der Waals surface area contributed by atoms with Crippen molar-refractivity contribution in [2.75, 3.05) is 19.7 Å². The van der Waals surface area contributed by atoms with Crippen molar-refractivity contribution in [3.05, 3.63) is 64.4 Å². The first-order chi connectivity index (χ1) is 15.5. The summed E-state index contributed by atoms with van der Waals surface area (Å²) in [5, 5.41) is 0. The maximum absolute atomic E-state index is 12.7. The summed E-state index contributed by atoms with van der Waals surface area (Å²) < 4.78 is 11.4. The number of aromatic nitrogens is 1. The summed E-state index contributed by atoms with van der Waals surface area (Å²) in [7, 11) is 0. The van der Waals surface area contributed by atoms with Gasteiger partial charge in [0.15, 0.2) is 6.04 Å². The molecule has 3 heterocycles. The minimum absolute atomic E-state index is 0.0124. The number of esters is 1. The number of benzene rings is 1. The molecule has 4 rings (SSSR count). The molecule has 1 aromatic heterocycles. The van der Waals surface area contributed by atoms with Crippen LogP contribution in [0.3, 0.4) is 0 Å². The van der Waals surface area contributed by atoms with Crippen LogP contribution in [0.1, 0.15) is 24.0 Å². The number of cyclic esters (lactones) is 1. The second-order valence-corrected chi connectivity index (χ2v) is 8.81. The largest absolute Gasteiger partial charge is 0.459 e. The van der Waals surface area contributed by atoms with Gasteiger partial charge in [0, 0.05) is 36.0 Å². The van der Waals surface area contributed by atoms with Gasteiger partial charge in [-0.2, -0.15) is 0 Å². The first-order valence-electron chi connectivity index (χ1n) is 10.5. The van der Waals surface area contributed by atoms with Crippen LogP contribution in [0.4, 0.5) is 4.79 Å². The predicted molar refractivity (Wildman–Crippen MR) is 118 cm³/mol. The molecule has 2 aliphatic heterocycles. The number of hydrogen-bond acceptors (Lipinski definition) is 6. The smallest absolute Gasteiger partial charge is 0.410 e. The van der Waals surface area contributed by atoms with Crippen LogP contribution < -0.4 is 0 Å². The Morgan fingerprint density at radius 2 is 1.88 bits per heavy atom. The topological polar surface area (TPSA) is 89.0 Å². The van der Waals surface area contributed by atoms with E-state index in [4.69, 9.17) is 9.47 Å². The summed E-state index contributed by atoms with van der Waals surface area (Å²) in [5.41, 5.74) is 1.72. The molecule has 0 N–H and O–H groups in total. The minimum Gasteiger partial charge on any atom is -0.459 e. The minimum atomic E-state index is -0.758. The lowest BCUT2D eigenvalue weighted by atomic mass is 10.0. The summed E-state index contributed by atoms with van der Waals surface area (Å²) in [6, 6.07) is 10.3. The van der Waals surface area contributed by atoms with Gasteiger partial charge in [0.05, 0.1) is 6.42 Å². The molecule has 0 bridgehead atoms. The zero-order valence-electron chi connectivity index (χ0n) is 17.5. The molecule has 9 heteroatoms. The highest BCUT2D eigenvalue weighted by Crippen LogP contribution is 2.25. The van der Waals surface area contributed by atoms with Crippen LogP contribution >= 0.6 is 15.9 Å². The molecule has 8 nitrogen and oxygen atoms in total. The molecule has 0 aliphatic carbocycles. The van der Waals surface area contributed by atoms with E-state index >= 15 is 0 Å². The van der Waals surface area contributed by atoms with Crippen molar-refractivity contribution in [2.45, 2.75) is 38.0 Å². The van der Waals surface area contributed by atoms with Gasteiger partial charge >= 0.3 is 12.1 Å². The molecule has 2 fully saturated rings. The third-order valence-corrected chi connectivity index (χ3v) is 6.17. The maximum atomic E-state index is 12.7. The van der Waals surface area contributed by atoms with Crippen molar-refractivity contribution in [3.63, 3.8) is 0 Å². The van der Waals surface area contributed by atoms with Crippen LogP contribution in [0.25, 0.3) is 0 Å². The molecule has 2 aliphatic rings. The Morgan fingerprint density at radius 3 is 2.59 bits per heavy atom. The van der Waals surface area contributed by atoms with E-state index in [-0.39, 0.29) is 31.6 Å². The van der Waals surface area contributed by atoms with Gasteiger partial charge in [-0.1, -0.05) is 30.3 Å². The van der Waals surface area contributed by atoms with E-state index in [1.165, 1.54) is 4.90 Å². The average molecular weight is 502 g/mol. The molecule has 0 unspecified atom stereocenters. The van der Waals surface area contributed by atoms with Crippen molar-refractivity contribution in [3.8, 4) is 0 Å². The summed E-state index contributed by atoms with van der Waals surface area (Å²) in [6.45, 7) is 1.16. The van der Waals surface area contributed by atoms with Crippen molar-refractivity contribution in [2.24, 2.45) is 0 Å². The molecule has 168 valence electrons. The molecule has 1 atom stereocenters. The predicted octanol–water partition coefficient (Wildman–Crippen LogP) is 2.94. The Morgan fingerprint density at radius 1 is 1.12 bits per heavy atom. The summed E-state index contributed by atoms with van der Waals surface area (Å²) in [5.74, 6) is -0.452. The highest BCUT2D eigenvalue weighted by Gasteiger charge is 2.44. The maximum Gasteiger partial charge on any atom is 0.410 e. The van der Waals surface area contributed by atoms with E-state index in [9.17, 15) is 14.4 Å². The molecule has 32 heavy (non-hydrogen) atoms. The van der Waals surface area contributed by atoms with Gasteiger partial charge in [0.25, 0.3) is 0 Å². The normalized spacial score (nSPS) is 19.0. The zero-order chi connectivity index (χ0) is 22.5. The highest BCUT2D eigenvalue weighted by molar-refractivity contribution is 9.10. The van der Waals surface area contributed by atoms with E-state index < -0.39 is 18.1 Å². The SMILES string of the molecule is O=C(OCc1ccccc1)[C@@H]1COC(=O)N1C1CCN(C(=O)Cc2cncc(Br)c2)CC1. The molecule has 0 radical (unpaired) electrons. The first-order valence-corrected chi connectivity index (χ1v) is 11.3. The number of pyridine rings is 1. The van der Waals surface area contributed by atoms with Crippen LogP contribution in [0.5, 0.6) is 0 Å². The number of ether oxygens (including phenoxy) is 2. The van der Waals surface area contributed by atoms with E-state index in [1.54, 1.807) is 17.3 Å². The lowest BCUT2D eigenvalue weighted by molar-refractivity contribution is -0.150. The molecule has 0 spiro atoms. The third-order valence-electron chi connectivity index (χ3n) is 5.73. The Hall–Kier alpha value is -2.94. The van der Waals surface area contributed by atoms with Gasteiger partial charge in [-0.05, 0) is 46.0 Å². The van der Waals surface area contributed by atoms with Gasteiger partial charge in [-0.15, -0.1) is 0 Å². The number of halogens is 1. The van der Waals surface area contributed by atoms with E-state index in [0.717, 1.165) is 15.6 Å². The molecule has 1 aromatic carbocycles. The van der Waals surface area contributed by atoms with Gasteiger partial charge in [-0.3, -0.25) is 14.7 Å². The van der Waals surface area contributed by atoms with Crippen molar-refractivity contribution in [1.82, 2.24) is 14.8 Å². The van der Waals surface area contributed by atoms with E-state index in [1.807, 2.05) is 36.4 Å². The van der Waals surface area contributed by atoms with Gasteiger partial charge < -0.3 is 14.4 Å². The molecule has 2 amide bonds. The number of hydrogen-bond donors (Lipinski definition) is 0. The number of carbonyl (C=O) groups excluding carboxylic acids is 3.